The number of ether oxygens (including phenoxy) is 16. The van der Waals surface area contributed by atoms with Crippen LogP contribution in [-0.2, 0) is 119 Å². The Labute approximate surface area is 760 Å². The highest BCUT2D eigenvalue weighted by Crippen LogP contribution is 2.46. The predicted molar refractivity (Wildman–Crippen MR) is 423 cm³/mol. The number of nitrogens with one attached hydrogen (secondary N) is 5. The number of hydrogen-bond donors (Lipinski definition) is 33. The molecule has 0 aromatic rings. The maximum atomic E-state index is 14.5. The summed E-state index contributed by atoms with van der Waals surface area (Å²) in [4.78, 5) is 120. The zero-order valence-electron chi connectivity index (χ0n) is 73.2. The van der Waals surface area contributed by atoms with Crippen molar-refractivity contribution in [3.05, 3.63) is 0 Å². The van der Waals surface area contributed by atoms with Crippen LogP contribution in [0.4, 0.5) is 0 Å². The molecule has 0 radical (unpaired) electrons. The lowest BCUT2D eigenvalue weighted by molar-refractivity contribution is -0.406. The van der Waals surface area contributed by atoms with E-state index in [2.05, 4.69) is 26.6 Å². The van der Waals surface area contributed by atoms with Crippen molar-refractivity contribution in [2.24, 2.45) is 0 Å². The van der Waals surface area contributed by atoms with Gasteiger partial charge in [-0.3, -0.25) is 24.0 Å². The van der Waals surface area contributed by atoms with Crippen LogP contribution in [0.5, 0.6) is 0 Å². The topological polar surface area (TPSA) is 928 Å². The summed E-state index contributed by atoms with van der Waals surface area (Å²) in [7, 11) is -1.89. The molecule has 8 fully saturated rings. The quantitative estimate of drug-likeness (QED) is 0.0252. The highest BCUT2D eigenvalue weighted by atomic mass is 28.3. The molecule has 8 heterocycles. The average Bonchev–Trinajstić information content (AvgIpc) is 0.745. The molecule has 59 heteroatoms. The van der Waals surface area contributed by atoms with E-state index < -0.39 is 408 Å². The summed E-state index contributed by atoms with van der Waals surface area (Å²) in [5.41, 5.74) is 0. The lowest BCUT2D eigenvalue weighted by atomic mass is 9.87. The van der Waals surface area contributed by atoms with Crippen LogP contribution in [0.15, 0.2) is 0 Å². The van der Waals surface area contributed by atoms with Crippen LogP contribution in [0.1, 0.15) is 60.3 Å². The van der Waals surface area contributed by atoms with Gasteiger partial charge in [-0.2, -0.15) is 0 Å². The number of hydrogen-bond acceptors (Lipinski definition) is 49. The number of carbonyl (C=O) groups is 9. The predicted octanol–water partition coefficient (Wildman–Crippen LogP) is -18.5. The number of aliphatic carboxylic acids is 4. The molecule has 0 aromatic carbocycles. The maximum absolute atomic E-state index is 14.5. The van der Waals surface area contributed by atoms with Gasteiger partial charge in [0.1, 0.15) is 171 Å². The van der Waals surface area contributed by atoms with E-state index >= 15 is 0 Å². The highest BCUT2D eigenvalue weighted by Gasteiger charge is 2.67. The third-order valence-corrected chi connectivity index (χ3v) is 25.4. The summed E-state index contributed by atoms with van der Waals surface area (Å²) >= 11 is 0. The average molecular weight is 1970 g/mol. The Morgan fingerprint density at radius 2 is 0.642 bits per heavy atom. The molecule has 8 aliphatic rings. The molecule has 0 bridgehead atoms. The van der Waals surface area contributed by atoms with Crippen molar-refractivity contribution in [2.75, 3.05) is 59.5 Å². The van der Waals surface area contributed by atoms with Gasteiger partial charge in [0, 0.05) is 75.0 Å². The number of carboxylic acids is 4. The largest absolute Gasteiger partial charge is 0.477 e. The summed E-state index contributed by atoms with van der Waals surface area (Å²) in [6.45, 7) is -1.19. The molecule has 5 amide bonds. The minimum absolute atomic E-state index is 0.0651. The van der Waals surface area contributed by atoms with Crippen molar-refractivity contribution in [1.29, 1.82) is 0 Å². The van der Waals surface area contributed by atoms with E-state index in [1.165, 1.54) is 0 Å². The van der Waals surface area contributed by atoms with E-state index in [0.717, 1.165) is 34.6 Å². The third-order valence-electron chi connectivity index (χ3n) is 23.7. The summed E-state index contributed by atoms with van der Waals surface area (Å²) in [5, 5.41) is 329. The van der Waals surface area contributed by atoms with Crippen molar-refractivity contribution >= 4 is 61.5 Å². The van der Waals surface area contributed by atoms with Crippen molar-refractivity contribution in [2.45, 2.75) is 354 Å². The first-order valence-corrected chi connectivity index (χ1v) is 46.0. The fourth-order valence-corrected chi connectivity index (χ4v) is 17.6. The zero-order chi connectivity index (χ0) is 101. The number of aliphatic hydroxyl groups is 24. The molecule has 33 N–H and O–H groups in total. The van der Waals surface area contributed by atoms with E-state index in [1.807, 2.05) is 19.6 Å². The summed E-state index contributed by atoms with van der Waals surface area (Å²) in [6.07, 6.45) is -90.9. The van der Waals surface area contributed by atoms with Crippen LogP contribution in [0.2, 0.25) is 25.7 Å². The lowest BCUT2D eigenvalue weighted by Gasteiger charge is -2.53. The Hall–Kier alpha value is -6.15. The van der Waals surface area contributed by atoms with Gasteiger partial charge >= 0.3 is 23.9 Å². The van der Waals surface area contributed by atoms with Crippen molar-refractivity contribution in [1.82, 2.24) is 26.6 Å². The Morgan fingerprint density at radius 1 is 0.343 bits per heavy atom. The molecule has 44 atom stereocenters. The van der Waals surface area contributed by atoms with Gasteiger partial charge in [-0.1, -0.05) is 19.6 Å². The van der Waals surface area contributed by atoms with Gasteiger partial charge in [0.25, 0.3) is 23.1 Å². The molecular weight excluding hydrogens is 1850 g/mol. The molecule has 8 saturated heterocycles. The lowest BCUT2D eigenvalue weighted by Crippen LogP contribution is -2.73. The van der Waals surface area contributed by atoms with Crippen LogP contribution in [-0.4, -0.2) is 532 Å². The monoisotopic (exact) mass is 1970 g/mol. The molecule has 134 heavy (non-hydrogen) atoms. The minimum Gasteiger partial charge on any atom is -0.477 e. The first-order chi connectivity index (χ1) is 62.6. The van der Waals surface area contributed by atoms with E-state index in [1.54, 1.807) is 0 Å². The summed E-state index contributed by atoms with van der Waals surface area (Å²) in [5.74, 6) is -29.0. The fourth-order valence-electron chi connectivity index (χ4n) is 16.9. The number of carboxylic acid groups (broad SMARTS) is 4. The van der Waals surface area contributed by atoms with Crippen LogP contribution in [0.25, 0.3) is 0 Å². The standard InChI is InChI=1S/C75H125N5O53Si/c1-23(89)76-40-28(94)11-72(68(110)111,128-58(40)45(100)32(98)15-81)126-36(19-85)49(104)60-42(78-25(3)91)30(96)13-74(130-60,70(114)115)132-62-48(103)35(18-84)120-66(53(62)108)125-57-44(80-27(5)93)64(119-34(17-83)47(57)102)124-56-39(22-88)122-67(123-55-38(21-87)121-65(52(107)51(55)106)118-9-10-134(6,7)8)54(109)63(56)133-75(71(116)117)14-31(97)43(79-26(4)92)61(131-75)50(105)37(20-86)127-73(69(112)113)12-29(95)41(77-24(2)90)59(129-73)46(101)33(99)16-82/h28-67,81-88,94-109H,9-22H2,1-8H3,(H,76,89)(H,77,90)(H,78,91)(H,79,92)(H,80,93)(H,110,111)(H,112,113)(H,114,115)(H,116,117)/t28-,29-,30-,31-,32+,33+,34+,35+,36+,37+,38+,39+,40+,41+,42+,43+,44+,45+,46+,47-,48-,49+,50+,51+,52+,53+,54+,55+,56-,57+,58+,59+,60+,61+,62-,63+,64-,65+,66-,67-,72+,73+,74-,75-/m0/s1. The van der Waals surface area contributed by atoms with Gasteiger partial charge in [0.15, 0.2) is 25.2 Å². The van der Waals surface area contributed by atoms with E-state index in [4.69, 9.17) is 75.8 Å². The number of rotatable bonds is 43. The molecule has 8 rings (SSSR count). The van der Waals surface area contributed by atoms with Gasteiger partial charge in [-0.15, -0.1) is 0 Å². The molecular formula is C75H125N5O53Si. The van der Waals surface area contributed by atoms with Crippen LogP contribution in [0, 0.1) is 0 Å². The second-order valence-electron chi connectivity index (χ2n) is 34.9. The zero-order valence-corrected chi connectivity index (χ0v) is 74.2. The van der Waals surface area contributed by atoms with Crippen molar-refractivity contribution < 1.29 is 262 Å². The highest BCUT2D eigenvalue weighted by molar-refractivity contribution is 6.76. The van der Waals surface area contributed by atoms with E-state index in [-0.39, 0.29) is 6.61 Å². The number of carbonyl (C=O) groups excluding carboxylic acids is 5. The van der Waals surface area contributed by atoms with Gasteiger partial charge in [0.05, 0.1) is 101 Å². The van der Waals surface area contributed by atoms with Gasteiger partial charge in [-0.05, 0) is 6.04 Å². The van der Waals surface area contributed by atoms with Gasteiger partial charge in [0.2, 0.25) is 29.5 Å². The molecule has 58 nitrogen and oxygen atoms in total. The first-order valence-electron chi connectivity index (χ1n) is 42.3. The molecule has 0 spiro atoms. The Bertz CT molecular complexity index is 3890. The number of aliphatic hydroxyl groups excluding tert-OH is 24. The molecule has 0 saturated carbocycles. The second kappa shape index (κ2) is 47.4. The molecule has 0 unspecified atom stereocenters. The van der Waals surface area contributed by atoms with Crippen molar-refractivity contribution in [3.63, 3.8) is 0 Å². The second-order valence-corrected chi connectivity index (χ2v) is 40.5. The Kier molecular flexibility index (Phi) is 40.0. The Morgan fingerprint density at radius 3 is 0.993 bits per heavy atom. The van der Waals surface area contributed by atoms with Crippen LogP contribution in [0.3, 0.4) is 0 Å². The van der Waals surface area contributed by atoms with E-state index in [9.17, 15) is 186 Å². The number of amides is 5. The smallest absolute Gasteiger partial charge is 0.364 e. The van der Waals surface area contributed by atoms with Gasteiger partial charge in [-0.25, -0.2) is 19.2 Å². The molecule has 0 aliphatic carbocycles. The first kappa shape index (κ1) is 113. The molecule has 0 aromatic heterocycles. The third kappa shape index (κ3) is 25.6. The van der Waals surface area contributed by atoms with Crippen LogP contribution < -0.4 is 26.6 Å². The van der Waals surface area contributed by atoms with Gasteiger partial charge < -0.3 is 245 Å². The molecule has 772 valence electrons. The van der Waals surface area contributed by atoms with Crippen molar-refractivity contribution in [3.8, 4) is 0 Å². The normalized spacial score (nSPS) is 41.3. The van der Waals surface area contributed by atoms with Crippen LogP contribution >= 0.6 is 0 Å². The Balaban J connectivity index is 1.20. The minimum atomic E-state index is -3.81. The molecule has 8 aliphatic heterocycles. The summed E-state index contributed by atoms with van der Waals surface area (Å²) in [6, 6.07) is -9.89. The fraction of sp³-hybridized carbons (Fsp3) is 0.880. The maximum Gasteiger partial charge on any atom is 0.364 e. The summed E-state index contributed by atoms with van der Waals surface area (Å²) < 4.78 is 94.9. The SMILES string of the molecule is CC(=O)N[C@H]1[C@H](O[C@@H]2[C@H](O[C@]3(C(=O)O)C[C@H](O)[C@@H](NC(C)=O)[C@H]([C@H](O)[C@@H](CO)O[C@]4(C(=O)O)C[C@H](O)[C@@H](NC(C)=O)[C@H]([C@H](O)[C@H](O)CO)O4)O3)[C@@H](O)[C@H](O[C@H]3[C@H](O)[C@@H](O)[C@H](OCC[Si](C)(C)C)O[C@@H]3CO)O[C@@H]2CO)O[C@H](CO)[C@H](O)[C@@H]1O[C@@H]1O[C@H](CO)[C@H](O)[C@H](O[C@]2(C(=O)O)C[C@H](O)[C@@H](NC(C)=O)[C@H]([C@H](O)[C@@H](CO)O[C@]3(C(=O)O)C[C@H](O)[C@@H](NC(C)=O)[C@H]([C@H](O)[C@H](O)CO)O3)O2)[C@H]1O. The van der Waals surface area contributed by atoms with E-state index in [0.29, 0.717) is 6.04 Å².